The fraction of sp³-hybridized carbons (Fsp3) is 0.158. The van der Waals surface area contributed by atoms with Gasteiger partial charge in [0.05, 0.1) is 23.8 Å². The highest BCUT2D eigenvalue weighted by atomic mass is 16.6. The van der Waals surface area contributed by atoms with Crippen molar-refractivity contribution in [1.29, 1.82) is 0 Å². The van der Waals surface area contributed by atoms with Crippen molar-refractivity contribution < 1.29 is 24.0 Å². The molecule has 0 aliphatic rings. The zero-order valence-corrected chi connectivity index (χ0v) is 15.1. The molecule has 1 heterocycles. The number of aromatic amines is 1. The highest BCUT2D eigenvalue weighted by Gasteiger charge is 2.22. The zero-order chi connectivity index (χ0) is 20.3. The van der Waals surface area contributed by atoms with Gasteiger partial charge < -0.3 is 19.8 Å². The number of esters is 1. The Balaban J connectivity index is 1.69. The van der Waals surface area contributed by atoms with E-state index in [1.807, 2.05) is 24.3 Å². The number of nitrogens with one attached hydrogen (secondary N) is 2. The van der Waals surface area contributed by atoms with Crippen LogP contribution >= 0.6 is 0 Å². The quantitative estimate of drug-likeness (QED) is 0.382. The molecule has 3 aromatic rings. The first-order valence-corrected chi connectivity index (χ1v) is 8.31. The lowest BCUT2D eigenvalue weighted by atomic mass is 10.2. The smallest absolute Gasteiger partial charge is 0.355 e. The number of nitrogens with zero attached hydrogens (tertiary/aromatic N) is 1. The lowest BCUT2D eigenvalue weighted by Crippen LogP contribution is -2.30. The van der Waals surface area contributed by atoms with Gasteiger partial charge in [-0.15, -0.1) is 0 Å². The summed E-state index contributed by atoms with van der Waals surface area (Å²) < 4.78 is 10.3. The summed E-state index contributed by atoms with van der Waals surface area (Å²) in [6.07, 6.45) is -1.10. The summed E-state index contributed by atoms with van der Waals surface area (Å²) in [5.74, 6) is -1.15. The number of carbonyl (C=O) groups is 2. The van der Waals surface area contributed by atoms with E-state index >= 15 is 0 Å². The van der Waals surface area contributed by atoms with Crippen molar-refractivity contribution in [2.75, 3.05) is 12.4 Å². The molecule has 28 heavy (non-hydrogen) atoms. The van der Waals surface area contributed by atoms with Crippen molar-refractivity contribution in [2.24, 2.45) is 0 Å². The minimum atomic E-state index is -1.10. The van der Waals surface area contributed by atoms with Gasteiger partial charge >= 0.3 is 5.97 Å². The molecule has 0 spiro atoms. The number of ether oxygens (including phenoxy) is 2. The lowest BCUT2D eigenvalue weighted by molar-refractivity contribution is -0.384. The van der Waals surface area contributed by atoms with Gasteiger partial charge in [-0.05, 0) is 25.1 Å². The van der Waals surface area contributed by atoms with Crippen LogP contribution in [-0.2, 0) is 9.53 Å². The minimum absolute atomic E-state index is 0.122. The lowest BCUT2D eigenvalue weighted by Gasteiger charge is -2.14. The molecule has 2 N–H and O–H groups in total. The van der Waals surface area contributed by atoms with E-state index in [1.165, 1.54) is 32.2 Å². The fourth-order valence-corrected chi connectivity index (χ4v) is 2.59. The number of nitro benzene ring substituents is 1. The third-order valence-corrected chi connectivity index (χ3v) is 4.06. The van der Waals surface area contributed by atoms with E-state index in [9.17, 15) is 19.7 Å². The monoisotopic (exact) mass is 383 g/mol. The molecule has 2 aromatic carbocycles. The summed E-state index contributed by atoms with van der Waals surface area (Å²) in [4.78, 5) is 37.8. The molecule has 9 heteroatoms. The molecule has 1 amide bonds. The summed E-state index contributed by atoms with van der Waals surface area (Å²) in [5.41, 5.74) is 1.07. The SMILES string of the molecule is COc1cc([N+](=O)[O-])ccc1NC(=O)[C@@H](C)OC(=O)c1cc2ccccc2[nH]1. The Morgan fingerprint density at radius 2 is 1.93 bits per heavy atom. The summed E-state index contributed by atoms with van der Waals surface area (Å²) in [5, 5.41) is 14.2. The molecule has 0 bridgehead atoms. The van der Waals surface area contributed by atoms with Crippen LogP contribution in [-0.4, -0.2) is 35.0 Å². The summed E-state index contributed by atoms with van der Waals surface area (Å²) >= 11 is 0. The second-order valence-corrected chi connectivity index (χ2v) is 5.95. The van der Waals surface area contributed by atoms with Gasteiger partial charge in [0, 0.05) is 17.0 Å². The van der Waals surface area contributed by atoms with Gasteiger partial charge in [0.2, 0.25) is 0 Å². The second-order valence-electron chi connectivity index (χ2n) is 5.95. The third-order valence-electron chi connectivity index (χ3n) is 4.06. The Morgan fingerprint density at radius 1 is 1.18 bits per heavy atom. The van der Waals surface area contributed by atoms with Crippen molar-refractivity contribution in [1.82, 2.24) is 4.98 Å². The Bertz CT molecular complexity index is 1030. The number of H-pyrrole nitrogens is 1. The maximum atomic E-state index is 12.4. The molecule has 9 nitrogen and oxygen atoms in total. The summed E-state index contributed by atoms with van der Waals surface area (Å²) in [6.45, 7) is 1.42. The topological polar surface area (TPSA) is 124 Å². The largest absolute Gasteiger partial charge is 0.494 e. The number of non-ortho nitro benzene ring substituents is 1. The second kappa shape index (κ2) is 7.78. The predicted octanol–water partition coefficient (Wildman–Crippen LogP) is 3.27. The average Bonchev–Trinajstić information content (AvgIpc) is 3.12. The molecule has 1 aromatic heterocycles. The predicted molar refractivity (Wildman–Crippen MR) is 101 cm³/mol. The number of nitro groups is 1. The number of para-hydroxylation sites is 1. The van der Waals surface area contributed by atoms with Crippen molar-refractivity contribution in [3.8, 4) is 5.75 Å². The van der Waals surface area contributed by atoms with Gasteiger partial charge in [-0.1, -0.05) is 18.2 Å². The standard InChI is InChI=1S/C19H17N3O6/c1-11(28-19(24)16-9-12-5-3-4-6-14(12)20-16)18(23)21-15-8-7-13(22(25)26)10-17(15)27-2/h3-11,20H,1-2H3,(H,21,23)/t11-/m1/s1. The normalized spacial score (nSPS) is 11.6. The molecule has 144 valence electrons. The van der Waals surface area contributed by atoms with Crippen LogP contribution in [0.25, 0.3) is 10.9 Å². The Kier molecular flexibility index (Phi) is 5.25. The van der Waals surface area contributed by atoms with Gasteiger partial charge in [0.25, 0.3) is 11.6 Å². The number of hydrogen-bond acceptors (Lipinski definition) is 6. The molecule has 3 rings (SSSR count). The van der Waals surface area contributed by atoms with Gasteiger partial charge in [0.1, 0.15) is 11.4 Å². The van der Waals surface area contributed by atoms with E-state index in [0.29, 0.717) is 0 Å². The molecule has 0 aliphatic heterocycles. The van der Waals surface area contributed by atoms with Crippen LogP contribution < -0.4 is 10.1 Å². The third kappa shape index (κ3) is 3.93. The summed E-state index contributed by atoms with van der Waals surface area (Å²) in [6, 6.07) is 12.8. The fourth-order valence-electron chi connectivity index (χ4n) is 2.59. The molecule has 0 fully saturated rings. The van der Waals surface area contributed by atoms with Gasteiger partial charge in [0.15, 0.2) is 6.10 Å². The van der Waals surface area contributed by atoms with E-state index in [4.69, 9.17) is 9.47 Å². The maximum Gasteiger partial charge on any atom is 0.355 e. The molecular weight excluding hydrogens is 366 g/mol. The molecule has 1 atom stereocenters. The van der Waals surface area contributed by atoms with Gasteiger partial charge in [-0.25, -0.2) is 4.79 Å². The van der Waals surface area contributed by atoms with E-state index in [0.717, 1.165) is 10.9 Å². The Hall–Kier alpha value is -3.88. The number of aromatic nitrogens is 1. The van der Waals surface area contributed by atoms with E-state index in [2.05, 4.69) is 10.3 Å². The molecule has 0 unspecified atom stereocenters. The zero-order valence-electron chi connectivity index (χ0n) is 15.1. The Morgan fingerprint density at radius 3 is 2.61 bits per heavy atom. The maximum absolute atomic E-state index is 12.4. The first-order valence-electron chi connectivity index (χ1n) is 8.31. The average molecular weight is 383 g/mol. The van der Waals surface area contributed by atoms with Crippen LogP contribution in [0.3, 0.4) is 0 Å². The van der Waals surface area contributed by atoms with E-state index in [-0.39, 0.29) is 22.8 Å². The van der Waals surface area contributed by atoms with Crippen LogP contribution in [0.4, 0.5) is 11.4 Å². The number of benzene rings is 2. The highest BCUT2D eigenvalue weighted by Crippen LogP contribution is 2.29. The van der Waals surface area contributed by atoms with Crippen molar-refractivity contribution in [3.63, 3.8) is 0 Å². The van der Waals surface area contributed by atoms with Crippen LogP contribution in [0, 0.1) is 10.1 Å². The first kappa shape index (κ1) is 18.9. The molecule has 0 saturated heterocycles. The molecule has 0 radical (unpaired) electrons. The number of amides is 1. The number of fused-ring (bicyclic) bond motifs is 1. The van der Waals surface area contributed by atoms with Crippen molar-refractivity contribution in [3.05, 3.63) is 64.3 Å². The molecular formula is C19H17N3O6. The number of carbonyl (C=O) groups excluding carboxylic acids is 2. The van der Waals surface area contributed by atoms with Gasteiger partial charge in [-0.3, -0.25) is 14.9 Å². The van der Waals surface area contributed by atoms with E-state index in [1.54, 1.807) is 6.07 Å². The number of anilines is 1. The number of rotatable bonds is 6. The Labute approximate surface area is 159 Å². The van der Waals surface area contributed by atoms with Gasteiger partial charge in [-0.2, -0.15) is 0 Å². The summed E-state index contributed by atoms with van der Waals surface area (Å²) in [7, 11) is 1.33. The van der Waals surface area contributed by atoms with Crippen LogP contribution in [0.5, 0.6) is 5.75 Å². The number of methoxy groups -OCH3 is 1. The van der Waals surface area contributed by atoms with Crippen LogP contribution in [0.2, 0.25) is 0 Å². The molecule has 0 saturated carbocycles. The van der Waals surface area contributed by atoms with Crippen LogP contribution in [0.15, 0.2) is 48.5 Å². The van der Waals surface area contributed by atoms with Crippen LogP contribution in [0.1, 0.15) is 17.4 Å². The first-order chi connectivity index (χ1) is 13.4. The number of hydrogen-bond donors (Lipinski definition) is 2. The minimum Gasteiger partial charge on any atom is -0.494 e. The molecule has 0 aliphatic carbocycles. The van der Waals surface area contributed by atoms with E-state index < -0.39 is 22.9 Å². The highest BCUT2D eigenvalue weighted by molar-refractivity contribution is 5.99. The van der Waals surface area contributed by atoms with Crippen molar-refractivity contribution >= 4 is 34.2 Å². The van der Waals surface area contributed by atoms with Crippen molar-refractivity contribution in [2.45, 2.75) is 13.0 Å².